The number of ether oxygens (including phenoxy) is 1. The average molecular weight is 325 g/mol. The summed E-state index contributed by atoms with van der Waals surface area (Å²) < 4.78 is 5.34. The van der Waals surface area contributed by atoms with Gasteiger partial charge >= 0.3 is 6.09 Å². The number of rotatable bonds is 5. The Morgan fingerprint density at radius 1 is 1.17 bits per heavy atom. The molecule has 2 fully saturated rings. The number of hydrogen-bond donors (Lipinski definition) is 2. The van der Waals surface area contributed by atoms with E-state index in [0.29, 0.717) is 12.1 Å². The third-order valence-corrected chi connectivity index (χ3v) is 4.65. The van der Waals surface area contributed by atoms with Gasteiger partial charge in [0, 0.05) is 24.7 Å². The molecule has 1 amide bonds. The Kier molecular flexibility index (Phi) is 6.72. The molecule has 1 heterocycles. The van der Waals surface area contributed by atoms with Crippen LogP contribution in [0.1, 0.15) is 66.2 Å². The number of nitrogens with one attached hydrogen (secondary N) is 2. The lowest BCUT2D eigenvalue weighted by Crippen LogP contribution is -2.45. The second-order valence-corrected chi connectivity index (χ2v) is 8.28. The SMILES string of the molecule is CC(CN1CCCCC1)NC1CCC(NC(=O)OC(C)(C)C)C1. The summed E-state index contributed by atoms with van der Waals surface area (Å²) in [5.41, 5.74) is -0.427. The lowest BCUT2D eigenvalue weighted by Gasteiger charge is -2.30. The van der Waals surface area contributed by atoms with Crippen molar-refractivity contribution in [1.29, 1.82) is 0 Å². The number of nitrogens with zero attached hydrogens (tertiary/aromatic N) is 1. The van der Waals surface area contributed by atoms with Crippen LogP contribution in [0.4, 0.5) is 4.79 Å². The maximum Gasteiger partial charge on any atom is 0.407 e. The summed E-state index contributed by atoms with van der Waals surface area (Å²) in [6.45, 7) is 11.6. The highest BCUT2D eigenvalue weighted by Crippen LogP contribution is 2.20. The molecule has 134 valence electrons. The van der Waals surface area contributed by atoms with Crippen LogP contribution in [-0.4, -0.2) is 54.4 Å². The number of carbonyl (C=O) groups excluding carboxylic acids is 1. The molecule has 0 aromatic carbocycles. The van der Waals surface area contributed by atoms with Crippen LogP contribution in [0.15, 0.2) is 0 Å². The monoisotopic (exact) mass is 325 g/mol. The maximum absolute atomic E-state index is 11.8. The number of alkyl carbamates (subject to hydrolysis) is 1. The lowest BCUT2D eigenvalue weighted by molar-refractivity contribution is 0.0505. The maximum atomic E-state index is 11.8. The Balaban J connectivity index is 1.65. The van der Waals surface area contributed by atoms with Gasteiger partial charge in [-0.15, -0.1) is 0 Å². The third kappa shape index (κ3) is 7.08. The summed E-state index contributed by atoms with van der Waals surface area (Å²) in [5, 5.41) is 6.75. The molecule has 1 saturated heterocycles. The van der Waals surface area contributed by atoms with Gasteiger partial charge in [0.1, 0.15) is 5.60 Å². The fraction of sp³-hybridized carbons (Fsp3) is 0.944. The van der Waals surface area contributed by atoms with Crippen LogP contribution in [-0.2, 0) is 4.74 Å². The van der Waals surface area contributed by atoms with Crippen molar-refractivity contribution in [3.8, 4) is 0 Å². The highest BCUT2D eigenvalue weighted by atomic mass is 16.6. The predicted molar refractivity (Wildman–Crippen MR) is 93.7 cm³/mol. The van der Waals surface area contributed by atoms with E-state index in [1.807, 2.05) is 20.8 Å². The fourth-order valence-electron chi connectivity index (χ4n) is 3.72. The van der Waals surface area contributed by atoms with Crippen molar-refractivity contribution in [1.82, 2.24) is 15.5 Å². The average Bonchev–Trinajstić information content (AvgIpc) is 2.84. The molecule has 0 spiro atoms. The second kappa shape index (κ2) is 8.34. The quantitative estimate of drug-likeness (QED) is 0.816. The van der Waals surface area contributed by atoms with E-state index in [9.17, 15) is 4.79 Å². The molecule has 2 rings (SSSR count). The predicted octanol–water partition coefficient (Wildman–Crippen LogP) is 2.90. The Morgan fingerprint density at radius 2 is 1.83 bits per heavy atom. The number of likely N-dealkylation sites (tertiary alicyclic amines) is 1. The zero-order valence-electron chi connectivity index (χ0n) is 15.4. The van der Waals surface area contributed by atoms with Gasteiger partial charge in [0.25, 0.3) is 0 Å². The molecular weight excluding hydrogens is 290 g/mol. The van der Waals surface area contributed by atoms with E-state index in [0.717, 1.165) is 25.8 Å². The topological polar surface area (TPSA) is 53.6 Å². The van der Waals surface area contributed by atoms with Gasteiger partial charge in [-0.2, -0.15) is 0 Å². The molecule has 5 nitrogen and oxygen atoms in total. The Hall–Kier alpha value is -0.810. The zero-order chi connectivity index (χ0) is 16.9. The minimum absolute atomic E-state index is 0.240. The van der Waals surface area contributed by atoms with Gasteiger partial charge in [0.05, 0.1) is 0 Å². The standard InChI is InChI=1S/C18H35N3O2/c1-14(13-21-10-6-5-7-11-21)19-15-8-9-16(12-15)20-17(22)23-18(2,3)4/h14-16,19H,5-13H2,1-4H3,(H,20,22). The summed E-state index contributed by atoms with van der Waals surface area (Å²) in [6.07, 6.45) is 6.96. The van der Waals surface area contributed by atoms with E-state index < -0.39 is 5.60 Å². The Morgan fingerprint density at radius 3 is 2.48 bits per heavy atom. The van der Waals surface area contributed by atoms with E-state index in [4.69, 9.17) is 4.74 Å². The molecule has 2 N–H and O–H groups in total. The van der Waals surface area contributed by atoms with Crippen LogP contribution >= 0.6 is 0 Å². The van der Waals surface area contributed by atoms with Crippen molar-refractivity contribution in [3.05, 3.63) is 0 Å². The molecule has 2 aliphatic rings. The summed E-state index contributed by atoms with van der Waals surface area (Å²) in [6, 6.07) is 1.26. The first kappa shape index (κ1) is 18.5. The molecule has 5 heteroatoms. The third-order valence-electron chi connectivity index (χ3n) is 4.65. The molecule has 1 aliphatic carbocycles. The molecular formula is C18H35N3O2. The van der Waals surface area contributed by atoms with Gasteiger partial charge < -0.3 is 20.3 Å². The van der Waals surface area contributed by atoms with Crippen molar-refractivity contribution in [2.75, 3.05) is 19.6 Å². The van der Waals surface area contributed by atoms with Gasteiger partial charge in [-0.05, 0) is 72.9 Å². The second-order valence-electron chi connectivity index (χ2n) is 8.28. The normalized spacial score (nSPS) is 27.7. The molecule has 0 aromatic rings. The van der Waals surface area contributed by atoms with Crippen LogP contribution in [0.3, 0.4) is 0 Å². The van der Waals surface area contributed by atoms with Crippen molar-refractivity contribution in [2.45, 2.75) is 89.9 Å². The van der Waals surface area contributed by atoms with E-state index in [-0.39, 0.29) is 12.1 Å². The van der Waals surface area contributed by atoms with Crippen molar-refractivity contribution in [2.24, 2.45) is 0 Å². The molecule has 23 heavy (non-hydrogen) atoms. The van der Waals surface area contributed by atoms with Gasteiger partial charge in [-0.1, -0.05) is 6.42 Å². The molecule has 3 atom stereocenters. The van der Waals surface area contributed by atoms with E-state index in [1.165, 1.54) is 32.4 Å². The first-order valence-electron chi connectivity index (χ1n) is 9.30. The number of carbonyl (C=O) groups is 1. The van der Waals surface area contributed by atoms with Crippen molar-refractivity contribution >= 4 is 6.09 Å². The first-order valence-corrected chi connectivity index (χ1v) is 9.30. The van der Waals surface area contributed by atoms with Gasteiger partial charge in [0.2, 0.25) is 0 Å². The Bertz CT molecular complexity index is 375. The molecule has 1 saturated carbocycles. The summed E-state index contributed by atoms with van der Waals surface area (Å²) in [4.78, 5) is 14.4. The van der Waals surface area contributed by atoms with E-state index in [2.05, 4.69) is 22.5 Å². The number of piperidine rings is 1. The first-order chi connectivity index (χ1) is 10.8. The van der Waals surface area contributed by atoms with Gasteiger partial charge in [-0.25, -0.2) is 4.79 Å². The Labute approximate surface area is 141 Å². The smallest absolute Gasteiger partial charge is 0.407 e. The van der Waals surface area contributed by atoms with Crippen LogP contribution < -0.4 is 10.6 Å². The van der Waals surface area contributed by atoms with Crippen molar-refractivity contribution in [3.63, 3.8) is 0 Å². The minimum Gasteiger partial charge on any atom is -0.444 e. The molecule has 0 bridgehead atoms. The number of hydrogen-bond acceptors (Lipinski definition) is 4. The van der Waals surface area contributed by atoms with E-state index >= 15 is 0 Å². The van der Waals surface area contributed by atoms with Crippen LogP contribution in [0.2, 0.25) is 0 Å². The summed E-state index contributed by atoms with van der Waals surface area (Å²) >= 11 is 0. The zero-order valence-corrected chi connectivity index (χ0v) is 15.4. The highest BCUT2D eigenvalue weighted by molar-refractivity contribution is 5.68. The van der Waals surface area contributed by atoms with Crippen LogP contribution in [0.5, 0.6) is 0 Å². The molecule has 3 unspecified atom stereocenters. The van der Waals surface area contributed by atoms with Gasteiger partial charge in [0.15, 0.2) is 0 Å². The lowest BCUT2D eigenvalue weighted by atomic mass is 10.1. The highest BCUT2D eigenvalue weighted by Gasteiger charge is 2.28. The van der Waals surface area contributed by atoms with Crippen molar-refractivity contribution < 1.29 is 9.53 Å². The van der Waals surface area contributed by atoms with Gasteiger partial charge in [-0.3, -0.25) is 0 Å². The summed E-state index contributed by atoms with van der Waals surface area (Å²) in [7, 11) is 0. The molecule has 0 radical (unpaired) electrons. The summed E-state index contributed by atoms with van der Waals surface area (Å²) in [5.74, 6) is 0. The fourth-order valence-corrected chi connectivity index (χ4v) is 3.72. The molecule has 0 aromatic heterocycles. The minimum atomic E-state index is -0.427. The number of amides is 1. The van der Waals surface area contributed by atoms with Crippen LogP contribution in [0, 0.1) is 0 Å². The largest absolute Gasteiger partial charge is 0.444 e. The van der Waals surface area contributed by atoms with E-state index in [1.54, 1.807) is 0 Å². The van der Waals surface area contributed by atoms with Crippen LogP contribution in [0.25, 0.3) is 0 Å². The molecule has 1 aliphatic heterocycles.